The molecular weight excluding hydrogens is 212 g/mol. The van der Waals surface area contributed by atoms with Crippen molar-refractivity contribution in [1.82, 2.24) is 9.97 Å². The van der Waals surface area contributed by atoms with Crippen molar-refractivity contribution in [1.29, 1.82) is 0 Å². The van der Waals surface area contributed by atoms with Gasteiger partial charge < -0.3 is 4.42 Å². The van der Waals surface area contributed by atoms with E-state index < -0.39 is 0 Å². The number of rotatable bonds is 3. The number of aryl methyl sites for hydroxylation is 1. The number of oxazole rings is 1. The molecule has 0 aliphatic heterocycles. The second-order valence-corrected chi connectivity index (χ2v) is 3.73. The highest BCUT2D eigenvalue weighted by atomic mass is 32.1. The van der Waals surface area contributed by atoms with Crippen molar-refractivity contribution in [3.05, 3.63) is 40.5 Å². The van der Waals surface area contributed by atoms with Gasteiger partial charge in [0.05, 0.1) is 5.69 Å². The van der Waals surface area contributed by atoms with Crippen LogP contribution in [0.3, 0.4) is 0 Å². The lowest BCUT2D eigenvalue weighted by Gasteiger charge is -1.87. The third-order valence-electron chi connectivity index (χ3n) is 1.81. The van der Waals surface area contributed by atoms with Crippen molar-refractivity contribution in [3.8, 4) is 0 Å². The predicted molar refractivity (Wildman–Crippen MR) is 56.7 cm³/mol. The van der Waals surface area contributed by atoms with Crippen LogP contribution in [0.25, 0.3) is 6.08 Å². The minimum Gasteiger partial charge on any atom is -0.444 e. The largest absolute Gasteiger partial charge is 0.444 e. The molecule has 0 saturated carbocycles. The van der Waals surface area contributed by atoms with Crippen LogP contribution in [0.15, 0.2) is 28.5 Å². The van der Waals surface area contributed by atoms with E-state index in [9.17, 15) is 4.79 Å². The van der Waals surface area contributed by atoms with E-state index in [4.69, 9.17) is 4.42 Å². The van der Waals surface area contributed by atoms with Gasteiger partial charge in [0.15, 0.2) is 11.4 Å². The van der Waals surface area contributed by atoms with Crippen LogP contribution >= 0.6 is 11.3 Å². The van der Waals surface area contributed by atoms with Crippen molar-refractivity contribution in [3.63, 3.8) is 0 Å². The first kappa shape index (κ1) is 9.79. The van der Waals surface area contributed by atoms with E-state index >= 15 is 0 Å². The van der Waals surface area contributed by atoms with Gasteiger partial charge in [-0.3, -0.25) is 4.79 Å². The van der Waals surface area contributed by atoms with Crippen molar-refractivity contribution in [2.24, 2.45) is 0 Å². The Kier molecular flexibility index (Phi) is 2.73. The summed E-state index contributed by atoms with van der Waals surface area (Å²) >= 11 is 1.31. The summed E-state index contributed by atoms with van der Waals surface area (Å²) < 4.78 is 5.06. The topological polar surface area (TPSA) is 56.0 Å². The van der Waals surface area contributed by atoms with E-state index in [1.807, 2.05) is 6.92 Å². The molecule has 0 aliphatic rings. The molecular formula is C10H8N2O2S. The summed E-state index contributed by atoms with van der Waals surface area (Å²) in [6.07, 6.45) is 5.99. The average Bonchev–Trinajstić information content (AvgIpc) is 2.85. The Balaban J connectivity index is 2.13. The average molecular weight is 220 g/mol. The van der Waals surface area contributed by atoms with E-state index in [2.05, 4.69) is 9.97 Å². The lowest BCUT2D eigenvalue weighted by Crippen LogP contribution is -1.91. The van der Waals surface area contributed by atoms with Gasteiger partial charge in [-0.2, -0.15) is 0 Å². The van der Waals surface area contributed by atoms with Crippen LogP contribution in [0.1, 0.15) is 21.3 Å². The van der Waals surface area contributed by atoms with Gasteiger partial charge in [0, 0.05) is 11.6 Å². The standard InChI is InChI=1S/C10H8N2O2S/c1-7-9(14-6-12-7)3-2-8(13)10-11-4-5-15-10/h2-6H,1H3/b3-2+. The first-order chi connectivity index (χ1) is 7.27. The second-order valence-electron chi connectivity index (χ2n) is 2.84. The van der Waals surface area contributed by atoms with E-state index in [1.165, 1.54) is 23.8 Å². The Morgan fingerprint density at radius 2 is 2.40 bits per heavy atom. The number of aromatic nitrogens is 2. The highest BCUT2D eigenvalue weighted by Crippen LogP contribution is 2.10. The first-order valence-electron chi connectivity index (χ1n) is 4.29. The monoisotopic (exact) mass is 220 g/mol. The number of carbonyl (C=O) groups excluding carboxylic acids is 1. The highest BCUT2D eigenvalue weighted by molar-refractivity contribution is 7.11. The molecule has 0 N–H and O–H groups in total. The van der Waals surface area contributed by atoms with Crippen LogP contribution in [0.4, 0.5) is 0 Å². The SMILES string of the molecule is Cc1ncoc1/C=C/C(=O)c1nccs1. The molecule has 0 aliphatic carbocycles. The van der Waals surface area contributed by atoms with Gasteiger partial charge in [-0.05, 0) is 19.1 Å². The lowest BCUT2D eigenvalue weighted by atomic mass is 10.3. The zero-order valence-corrected chi connectivity index (χ0v) is 8.82. The van der Waals surface area contributed by atoms with Crippen LogP contribution < -0.4 is 0 Å². The molecule has 2 aromatic rings. The van der Waals surface area contributed by atoms with Crippen LogP contribution in [-0.2, 0) is 0 Å². The molecule has 0 spiro atoms. The smallest absolute Gasteiger partial charge is 0.214 e. The molecule has 0 aromatic carbocycles. The maximum atomic E-state index is 11.5. The van der Waals surface area contributed by atoms with E-state index in [0.29, 0.717) is 10.8 Å². The van der Waals surface area contributed by atoms with Crippen LogP contribution in [0, 0.1) is 6.92 Å². The molecule has 2 aromatic heterocycles. The fraction of sp³-hybridized carbons (Fsp3) is 0.100. The van der Waals surface area contributed by atoms with Gasteiger partial charge in [0.1, 0.15) is 5.76 Å². The Morgan fingerprint density at radius 1 is 1.53 bits per heavy atom. The molecule has 0 unspecified atom stereocenters. The molecule has 4 nitrogen and oxygen atoms in total. The van der Waals surface area contributed by atoms with E-state index in [1.54, 1.807) is 17.7 Å². The zero-order chi connectivity index (χ0) is 10.7. The van der Waals surface area contributed by atoms with Crippen LogP contribution in [0.2, 0.25) is 0 Å². The molecule has 0 saturated heterocycles. The fourth-order valence-corrected chi connectivity index (χ4v) is 1.60. The molecule has 0 atom stereocenters. The highest BCUT2D eigenvalue weighted by Gasteiger charge is 2.05. The predicted octanol–water partition coefficient (Wildman–Crippen LogP) is 2.34. The van der Waals surface area contributed by atoms with Crippen LogP contribution in [0.5, 0.6) is 0 Å². The number of hydrogen-bond acceptors (Lipinski definition) is 5. The van der Waals surface area contributed by atoms with Gasteiger partial charge in [-0.1, -0.05) is 0 Å². The summed E-state index contributed by atoms with van der Waals surface area (Å²) in [6.45, 7) is 1.82. The van der Waals surface area contributed by atoms with Crippen molar-refractivity contribution < 1.29 is 9.21 Å². The first-order valence-corrected chi connectivity index (χ1v) is 5.17. The Morgan fingerprint density at radius 3 is 3.00 bits per heavy atom. The molecule has 5 heteroatoms. The molecule has 2 heterocycles. The third kappa shape index (κ3) is 2.19. The maximum absolute atomic E-state index is 11.5. The number of thiazole rings is 1. The Labute approximate surface area is 90.3 Å². The van der Waals surface area contributed by atoms with Crippen molar-refractivity contribution >= 4 is 23.2 Å². The van der Waals surface area contributed by atoms with Crippen molar-refractivity contribution in [2.45, 2.75) is 6.92 Å². The zero-order valence-electron chi connectivity index (χ0n) is 8.01. The maximum Gasteiger partial charge on any atom is 0.214 e. The molecule has 0 fully saturated rings. The fourth-order valence-electron chi connectivity index (χ4n) is 1.04. The lowest BCUT2D eigenvalue weighted by molar-refractivity contribution is 0.104. The Hall–Kier alpha value is -1.75. The summed E-state index contributed by atoms with van der Waals surface area (Å²) in [5, 5.41) is 2.24. The van der Waals surface area contributed by atoms with Gasteiger partial charge in [-0.15, -0.1) is 11.3 Å². The second kappa shape index (κ2) is 4.18. The minimum absolute atomic E-state index is 0.124. The van der Waals surface area contributed by atoms with E-state index in [0.717, 1.165) is 5.69 Å². The summed E-state index contributed by atoms with van der Waals surface area (Å²) in [4.78, 5) is 19.3. The van der Waals surface area contributed by atoms with Crippen LogP contribution in [-0.4, -0.2) is 15.8 Å². The molecule has 0 radical (unpaired) electrons. The minimum atomic E-state index is -0.124. The summed E-state index contributed by atoms with van der Waals surface area (Å²) in [7, 11) is 0. The van der Waals surface area contributed by atoms with Gasteiger partial charge >= 0.3 is 0 Å². The number of allylic oxidation sites excluding steroid dienone is 1. The normalized spacial score (nSPS) is 11.0. The molecule has 0 amide bonds. The third-order valence-corrected chi connectivity index (χ3v) is 2.60. The van der Waals surface area contributed by atoms with Gasteiger partial charge in [-0.25, -0.2) is 9.97 Å². The number of nitrogens with zero attached hydrogens (tertiary/aromatic N) is 2. The number of hydrogen-bond donors (Lipinski definition) is 0. The Bertz CT molecular complexity index is 485. The molecule has 2 rings (SSSR count). The molecule has 15 heavy (non-hydrogen) atoms. The van der Waals surface area contributed by atoms with Crippen molar-refractivity contribution in [2.75, 3.05) is 0 Å². The van der Waals surface area contributed by atoms with E-state index in [-0.39, 0.29) is 5.78 Å². The number of carbonyl (C=O) groups is 1. The molecule has 0 bridgehead atoms. The summed E-state index contributed by atoms with van der Waals surface area (Å²) in [5.41, 5.74) is 0.762. The van der Waals surface area contributed by atoms with Gasteiger partial charge in [0.2, 0.25) is 5.78 Å². The molecule has 76 valence electrons. The van der Waals surface area contributed by atoms with Gasteiger partial charge in [0.25, 0.3) is 0 Å². The quantitative estimate of drug-likeness (QED) is 0.588. The summed E-state index contributed by atoms with van der Waals surface area (Å²) in [6, 6.07) is 0. The number of ketones is 1. The summed E-state index contributed by atoms with van der Waals surface area (Å²) in [5.74, 6) is 0.473.